The molecule has 1 aliphatic carbocycles. The fraction of sp³-hybridized carbons (Fsp3) is 0.667. The summed E-state index contributed by atoms with van der Waals surface area (Å²) in [7, 11) is 0. The number of aryl methyl sites for hydroxylation is 1. The highest BCUT2D eigenvalue weighted by Crippen LogP contribution is 2.33. The van der Waals surface area contributed by atoms with Gasteiger partial charge in [0.2, 0.25) is 5.91 Å². The van der Waals surface area contributed by atoms with Gasteiger partial charge in [-0.1, -0.05) is 24.3 Å². The van der Waals surface area contributed by atoms with E-state index in [1.165, 1.54) is 11.1 Å². The lowest BCUT2D eigenvalue weighted by atomic mass is 9.81. The van der Waals surface area contributed by atoms with Crippen LogP contribution < -0.4 is 0 Å². The first-order valence-corrected chi connectivity index (χ1v) is 9.94. The third kappa shape index (κ3) is 3.61. The summed E-state index contributed by atoms with van der Waals surface area (Å²) in [6, 6.07) is 9.16. The van der Waals surface area contributed by atoms with Crippen molar-refractivity contribution < 1.29 is 9.53 Å². The number of piperidine rings is 1. The van der Waals surface area contributed by atoms with Crippen LogP contribution in [-0.4, -0.2) is 60.6 Å². The van der Waals surface area contributed by atoms with Crippen LogP contribution in [0.5, 0.6) is 0 Å². The Kier molecular flexibility index (Phi) is 5.09. The van der Waals surface area contributed by atoms with E-state index < -0.39 is 0 Å². The maximum Gasteiger partial charge on any atom is 0.230 e. The number of amides is 1. The predicted molar refractivity (Wildman–Crippen MR) is 98.7 cm³/mol. The smallest absolute Gasteiger partial charge is 0.230 e. The Hall–Kier alpha value is -1.39. The Bertz CT molecular complexity index is 610. The molecule has 2 fully saturated rings. The lowest BCUT2D eigenvalue weighted by Gasteiger charge is -2.42. The zero-order valence-corrected chi connectivity index (χ0v) is 15.3. The minimum Gasteiger partial charge on any atom is -0.376 e. The lowest BCUT2D eigenvalue weighted by Crippen LogP contribution is -2.52. The first-order valence-electron chi connectivity index (χ1n) is 9.94. The van der Waals surface area contributed by atoms with Gasteiger partial charge < -0.3 is 9.64 Å². The normalized spacial score (nSPS) is 28.6. The van der Waals surface area contributed by atoms with Crippen LogP contribution in [0.2, 0.25) is 0 Å². The maximum atomic E-state index is 13.1. The molecule has 0 radical (unpaired) electrons. The zero-order valence-electron chi connectivity index (χ0n) is 15.3. The molecular formula is C21H30N2O2. The largest absolute Gasteiger partial charge is 0.376 e. The molecule has 136 valence electrons. The maximum absolute atomic E-state index is 13.1. The van der Waals surface area contributed by atoms with Crippen molar-refractivity contribution in [2.75, 3.05) is 32.8 Å². The molecule has 0 unspecified atom stereocenters. The Morgan fingerprint density at radius 2 is 1.92 bits per heavy atom. The first kappa shape index (κ1) is 17.0. The van der Waals surface area contributed by atoms with Crippen LogP contribution in [0.1, 0.15) is 49.7 Å². The minimum absolute atomic E-state index is 0.0879. The van der Waals surface area contributed by atoms with Crippen molar-refractivity contribution in [2.24, 2.45) is 0 Å². The second-order valence-corrected chi connectivity index (χ2v) is 7.88. The van der Waals surface area contributed by atoms with Gasteiger partial charge in [-0.25, -0.2) is 0 Å². The van der Waals surface area contributed by atoms with Crippen LogP contribution in [0, 0.1) is 0 Å². The first-order chi connectivity index (χ1) is 12.2. The molecule has 1 aromatic rings. The number of benzene rings is 1. The number of hydrogen-bond acceptors (Lipinski definition) is 3. The number of hydrogen-bond donors (Lipinski definition) is 0. The Labute approximate surface area is 151 Å². The molecule has 1 aromatic carbocycles. The van der Waals surface area contributed by atoms with E-state index in [-0.39, 0.29) is 5.92 Å². The van der Waals surface area contributed by atoms with E-state index in [4.69, 9.17) is 4.74 Å². The van der Waals surface area contributed by atoms with Crippen molar-refractivity contribution in [2.45, 2.75) is 57.1 Å². The Balaban J connectivity index is 1.37. The monoisotopic (exact) mass is 342 g/mol. The van der Waals surface area contributed by atoms with Gasteiger partial charge in [-0.2, -0.15) is 0 Å². The van der Waals surface area contributed by atoms with Gasteiger partial charge in [-0.3, -0.25) is 9.69 Å². The summed E-state index contributed by atoms with van der Waals surface area (Å²) in [6.07, 6.45) is 5.82. The number of morpholine rings is 1. The average molecular weight is 342 g/mol. The Morgan fingerprint density at radius 3 is 2.72 bits per heavy atom. The lowest BCUT2D eigenvalue weighted by molar-refractivity contribution is -0.135. The van der Waals surface area contributed by atoms with Gasteiger partial charge in [-0.15, -0.1) is 0 Å². The highest BCUT2D eigenvalue weighted by atomic mass is 16.5. The van der Waals surface area contributed by atoms with Crippen LogP contribution in [0.3, 0.4) is 0 Å². The van der Waals surface area contributed by atoms with Crippen molar-refractivity contribution in [3.8, 4) is 0 Å². The molecule has 0 spiro atoms. The van der Waals surface area contributed by atoms with E-state index >= 15 is 0 Å². The van der Waals surface area contributed by atoms with Crippen LogP contribution in [0.4, 0.5) is 0 Å². The average Bonchev–Trinajstić information content (AvgIpc) is 2.67. The van der Waals surface area contributed by atoms with E-state index in [9.17, 15) is 4.79 Å². The van der Waals surface area contributed by atoms with Gasteiger partial charge in [0.25, 0.3) is 0 Å². The molecule has 4 nitrogen and oxygen atoms in total. The number of fused-ring (bicyclic) bond motifs is 1. The number of rotatable bonds is 2. The third-order valence-corrected chi connectivity index (χ3v) is 6.23. The van der Waals surface area contributed by atoms with E-state index in [0.717, 1.165) is 64.9 Å². The molecule has 0 saturated carbocycles. The molecule has 4 rings (SSSR count). The number of likely N-dealkylation sites (tertiary alicyclic amines) is 1. The quantitative estimate of drug-likeness (QED) is 0.828. The molecule has 2 aliphatic heterocycles. The van der Waals surface area contributed by atoms with Crippen molar-refractivity contribution in [3.63, 3.8) is 0 Å². The van der Waals surface area contributed by atoms with Gasteiger partial charge in [0, 0.05) is 32.2 Å². The summed E-state index contributed by atoms with van der Waals surface area (Å²) < 4.78 is 5.66. The molecule has 1 amide bonds. The predicted octanol–water partition coefficient (Wildman–Crippen LogP) is 2.82. The summed E-state index contributed by atoms with van der Waals surface area (Å²) in [5.41, 5.74) is 2.66. The second-order valence-electron chi connectivity index (χ2n) is 7.88. The molecule has 3 aliphatic rings. The van der Waals surface area contributed by atoms with Gasteiger partial charge in [0.05, 0.1) is 18.6 Å². The molecule has 2 saturated heterocycles. The van der Waals surface area contributed by atoms with Crippen LogP contribution in [0.25, 0.3) is 0 Å². The van der Waals surface area contributed by atoms with Gasteiger partial charge in [-0.05, 0) is 50.2 Å². The standard InChI is InChI=1S/C21H30N2O2/c1-16-15-23(13-14-25-16)18-9-11-22(12-10-18)21(24)20-8-4-6-17-5-2-3-7-19(17)20/h2-3,5,7,16,18,20H,4,6,8-15H2,1H3/t16-,20+/m1/s1. The highest BCUT2D eigenvalue weighted by molar-refractivity contribution is 5.84. The van der Waals surface area contributed by atoms with Crippen molar-refractivity contribution in [3.05, 3.63) is 35.4 Å². The van der Waals surface area contributed by atoms with Crippen molar-refractivity contribution in [1.29, 1.82) is 0 Å². The van der Waals surface area contributed by atoms with Crippen molar-refractivity contribution in [1.82, 2.24) is 9.80 Å². The van der Waals surface area contributed by atoms with Crippen LogP contribution in [0.15, 0.2) is 24.3 Å². The summed E-state index contributed by atoms with van der Waals surface area (Å²) in [5, 5.41) is 0. The second kappa shape index (κ2) is 7.46. The van der Waals surface area contributed by atoms with E-state index in [2.05, 4.69) is 41.0 Å². The molecule has 4 heteroatoms. The topological polar surface area (TPSA) is 32.8 Å². The number of ether oxygens (including phenoxy) is 1. The number of nitrogens with zero attached hydrogens (tertiary/aromatic N) is 2. The van der Waals surface area contributed by atoms with Gasteiger partial charge >= 0.3 is 0 Å². The zero-order chi connectivity index (χ0) is 17.2. The van der Waals surface area contributed by atoms with Crippen LogP contribution in [-0.2, 0) is 16.0 Å². The molecule has 25 heavy (non-hydrogen) atoms. The molecular weight excluding hydrogens is 312 g/mol. The number of carbonyl (C=O) groups excluding carboxylic acids is 1. The highest BCUT2D eigenvalue weighted by Gasteiger charge is 2.34. The SMILES string of the molecule is C[C@@H]1CN(C2CCN(C(=O)[C@H]3CCCc4ccccc43)CC2)CCO1. The van der Waals surface area contributed by atoms with Crippen LogP contribution >= 0.6 is 0 Å². The molecule has 0 aromatic heterocycles. The molecule has 0 N–H and O–H groups in total. The van der Waals surface area contributed by atoms with Gasteiger partial charge in [0.15, 0.2) is 0 Å². The number of carbonyl (C=O) groups is 1. The summed E-state index contributed by atoms with van der Waals surface area (Å²) in [6.45, 7) is 6.90. The summed E-state index contributed by atoms with van der Waals surface area (Å²) in [5.74, 6) is 0.450. The fourth-order valence-corrected chi connectivity index (χ4v) is 4.86. The van der Waals surface area contributed by atoms with Gasteiger partial charge in [0.1, 0.15) is 0 Å². The van der Waals surface area contributed by atoms with E-state index in [0.29, 0.717) is 18.1 Å². The molecule has 2 heterocycles. The summed E-state index contributed by atoms with van der Waals surface area (Å²) in [4.78, 5) is 17.9. The molecule has 0 bridgehead atoms. The summed E-state index contributed by atoms with van der Waals surface area (Å²) >= 11 is 0. The van der Waals surface area contributed by atoms with Crippen molar-refractivity contribution >= 4 is 5.91 Å². The minimum atomic E-state index is 0.0879. The van der Waals surface area contributed by atoms with E-state index in [1.54, 1.807) is 0 Å². The van der Waals surface area contributed by atoms with E-state index in [1.807, 2.05) is 0 Å². The Morgan fingerprint density at radius 1 is 1.12 bits per heavy atom. The fourth-order valence-electron chi connectivity index (χ4n) is 4.86. The third-order valence-electron chi connectivity index (χ3n) is 6.23. The molecule has 2 atom stereocenters.